The minimum absolute atomic E-state index is 0.969. The maximum atomic E-state index is 4.10. The zero-order valence-electron chi connectivity index (χ0n) is 7.77. The van der Waals surface area contributed by atoms with E-state index < -0.39 is 0 Å². The van der Waals surface area contributed by atoms with Gasteiger partial charge in [-0.1, -0.05) is 37.0 Å². The molecule has 0 radical (unpaired) electrons. The summed E-state index contributed by atoms with van der Waals surface area (Å²) >= 11 is 0. The summed E-state index contributed by atoms with van der Waals surface area (Å²) in [7, 11) is 0.969. The second-order valence-electron chi connectivity index (χ2n) is 3.15. The standard InChI is InChI=1S/C9H12BN3/c1-2-7-10-13-9-6-4-3-5-8(9)11-12-13/h3-6,10H,2,7H2,1H3. The number of hydrogen-bond donors (Lipinski definition) is 0. The summed E-state index contributed by atoms with van der Waals surface area (Å²) in [5.74, 6) is 0. The molecule has 2 rings (SSSR count). The van der Waals surface area contributed by atoms with Crippen molar-refractivity contribution in [1.82, 2.24) is 14.9 Å². The normalized spacial score (nSPS) is 10.5. The fraction of sp³-hybridized carbons (Fsp3) is 0.333. The third-order valence-corrected chi connectivity index (χ3v) is 2.14. The molecule has 66 valence electrons. The molecule has 0 saturated carbocycles. The van der Waals surface area contributed by atoms with Crippen LogP contribution < -0.4 is 0 Å². The van der Waals surface area contributed by atoms with Crippen LogP contribution in [0, 0.1) is 0 Å². The first kappa shape index (κ1) is 8.29. The summed E-state index contributed by atoms with van der Waals surface area (Å²) in [5.41, 5.74) is 2.12. The fourth-order valence-electron chi connectivity index (χ4n) is 1.39. The van der Waals surface area contributed by atoms with E-state index in [9.17, 15) is 0 Å². The lowest BCUT2D eigenvalue weighted by molar-refractivity contribution is 0.875. The molecule has 0 N–H and O–H groups in total. The molecule has 0 unspecified atom stereocenters. The number of rotatable bonds is 3. The first-order chi connectivity index (χ1) is 6.42. The van der Waals surface area contributed by atoms with E-state index in [1.807, 2.05) is 22.8 Å². The molecule has 0 saturated heterocycles. The van der Waals surface area contributed by atoms with Gasteiger partial charge >= 0.3 is 0 Å². The summed E-state index contributed by atoms with van der Waals surface area (Å²) in [6.45, 7) is 2.18. The van der Waals surface area contributed by atoms with Crippen molar-refractivity contribution in [3.8, 4) is 0 Å². The molecule has 2 aromatic rings. The molecule has 1 heterocycles. The topological polar surface area (TPSA) is 30.7 Å². The minimum atomic E-state index is 0.969. The van der Waals surface area contributed by atoms with E-state index in [1.54, 1.807) is 0 Å². The van der Waals surface area contributed by atoms with Gasteiger partial charge in [0.1, 0.15) is 5.52 Å². The van der Waals surface area contributed by atoms with Gasteiger partial charge < -0.3 is 0 Å². The highest BCUT2D eigenvalue weighted by molar-refractivity contribution is 6.34. The highest BCUT2D eigenvalue weighted by atomic mass is 15.4. The van der Waals surface area contributed by atoms with Gasteiger partial charge in [-0.2, -0.15) is 0 Å². The molecule has 0 aliphatic heterocycles. The van der Waals surface area contributed by atoms with Gasteiger partial charge in [0.05, 0.1) is 5.52 Å². The molecule has 0 spiro atoms. The highest BCUT2D eigenvalue weighted by Crippen LogP contribution is 2.08. The molecular weight excluding hydrogens is 161 g/mol. The Morgan fingerprint density at radius 3 is 3.08 bits per heavy atom. The van der Waals surface area contributed by atoms with Crippen molar-refractivity contribution in [2.24, 2.45) is 0 Å². The summed E-state index contributed by atoms with van der Waals surface area (Å²) in [6, 6.07) is 8.06. The van der Waals surface area contributed by atoms with Crippen LogP contribution in [0.4, 0.5) is 0 Å². The van der Waals surface area contributed by atoms with Crippen molar-refractivity contribution in [3.05, 3.63) is 24.3 Å². The van der Waals surface area contributed by atoms with Gasteiger partial charge in [0.25, 0.3) is 7.41 Å². The van der Waals surface area contributed by atoms with Crippen LogP contribution in [0.1, 0.15) is 13.3 Å². The molecule has 13 heavy (non-hydrogen) atoms. The highest BCUT2D eigenvalue weighted by Gasteiger charge is 2.02. The lowest BCUT2D eigenvalue weighted by Crippen LogP contribution is -2.06. The van der Waals surface area contributed by atoms with E-state index in [0.717, 1.165) is 24.8 Å². The van der Waals surface area contributed by atoms with Crippen LogP contribution in [-0.2, 0) is 0 Å². The minimum Gasteiger partial charge on any atom is -0.295 e. The molecule has 0 aliphatic carbocycles. The molecule has 1 aromatic carbocycles. The molecule has 0 fully saturated rings. The van der Waals surface area contributed by atoms with Gasteiger partial charge in [0, 0.05) is 0 Å². The van der Waals surface area contributed by atoms with E-state index in [0.29, 0.717) is 0 Å². The van der Waals surface area contributed by atoms with Crippen molar-refractivity contribution in [2.75, 3.05) is 0 Å². The summed E-state index contributed by atoms with van der Waals surface area (Å²) < 4.78 is 1.97. The van der Waals surface area contributed by atoms with E-state index in [-0.39, 0.29) is 0 Å². The van der Waals surface area contributed by atoms with Gasteiger partial charge in [-0.15, -0.1) is 5.10 Å². The molecule has 0 aliphatic rings. The molecule has 0 atom stereocenters. The average molecular weight is 173 g/mol. The van der Waals surface area contributed by atoms with Crippen molar-refractivity contribution < 1.29 is 0 Å². The first-order valence-corrected chi connectivity index (χ1v) is 4.70. The Kier molecular flexibility index (Phi) is 2.30. The SMILES string of the molecule is CCCBn1nnc2ccccc21. The fourth-order valence-corrected chi connectivity index (χ4v) is 1.39. The predicted molar refractivity (Wildman–Crippen MR) is 55.2 cm³/mol. The number of fused-ring (bicyclic) bond motifs is 1. The number of para-hydroxylation sites is 1. The monoisotopic (exact) mass is 173 g/mol. The van der Waals surface area contributed by atoms with Gasteiger partial charge in [0.2, 0.25) is 0 Å². The molecule has 0 bridgehead atoms. The van der Waals surface area contributed by atoms with Gasteiger partial charge in [-0.05, 0) is 12.1 Å². The van der Waals surface area contributed by atoms with E-state index in [1.165, 1.54) is 6.42 Å². The maximum Gasteiger partial charge on any atom is 0.269 e. The average Bonchev–Trinajstić information content (AvgIpc) is 2.58. The van der Waals surface area contributed by atoms with Crippen LogP contribution in [0.5, 0.6) is 0 Å². The summed E-state index contributed by atoms with van der Waals surface area (Å²) in [6.07, 6.45) is 2.35. The van der Waals surface area contributed by atoms with Crippen LogP contribution in [0.15, 0.2) is 24.3 Å². The Balaban J connectivity index is 2.35. The number of nitrogens with zero attached hydrogens (tertiary/aromatic N) is 3. The molecule has 1 aromatic heterocycles. The van der Waals surface area contributed by atoms with Gasteiger partial charge in [-0.3, -0.25) is 4.59 Å². The van der Waals surface area contributed by atoms with Crippen LogP contribution in [0.3, 0.4) is 0 Å². The molecule has 3 nitrogen and oxygen atoms in total. The van der Waals surface area contributed by atoms with Gasteiger partial charge in [-0.25, -0.2) is 0 Å². The lowest BCUT2D eigenvalue weighted by Gasteiger charge is -1.96. The van der Waals surface area contributed by atoms with Crippen molar-refractivity contribution in [1.29, 1.82) is 0 Å². The Bertz CT molecular complexity index is 396. The van der Waals surface area contributed by atoms with Crippen LogP contribution >= 0.6 is 0 Å². The summed E-state index contributed by atoms with van der Waals surface area (Å²) in [4.78, 5) is 0. The van der Waals surface area contributed by atoms with Crippen molar-refractivity contribution in [3.63, 3.8) is 0 Å². The van der Waals surface area contributed by atoms with Crippen LogP contribution in [-0.4, -0.2) is 22.3 Å². The second kappa shape index (κ2) is 3.60. The third-order valence-electron chi connectivity index (χ3n) is 2.14. The Morgan fingerprint density at radius 1 is 1.38 bits per heavy atom. The maximum absolute atomic E-state index is 4.10. The van der Waals surface area contributed by atoms with Crippen molar-refractivity contribution in [2.45, 2.75) is 19.7 Å². The van der Waals surface area contributed by atoms with E-state index in [2.05, 4.69) is 23.3 Å². The number of benzene rings is 1. The third kappa shape index (κ3) is 1.57. The van der Waals surface area contributed by atoms with Gasteiger partial charge in [0.15, 0.2) is 0 Å². The first-order valence-electron chi connectivity index (χ1n) is 4.70. The van der Waals surface area contributed by atoms with E-state index >= 15 is 0 Å². The lowest BCUT2D eigenvalue weighted by atomic mass is 9.87. The molecular formula is C9H12BN3. The van der Waals surface area contributed by atoms with Crippen LogP contribution in [0.25, 0.3) is 11.0 Å². The largest absolute Gasteiger partial charge is 0.295 e. The molecule has 4 heteroatoms. The Labute approximate surface area is 78.0 Å². The Morgan fingerprint density at radius 2 is 2.23 bits per heavy atom. The quantitative estimate of drug-likeness (QED) is 0.657. The predicted octanol–water partition coefficient (Wildman–Crippen LogP) is 1.46. The number of hydrogen-bond acceptors (Lipinski definition) is 2. The zero-order chi connectivity index (χ0) is 9.10. The summed E-state index contributed by atoms with van der Waals surface area (Å²) in [5, 5.41) is 8.18. The smallest absolute Gasteiger partial charge is 0.269 e. The Hall–Kier alpha value is -1.32. The number of aromatic nitrogens is 3. The van der Waals surface area contributed by atoms with E-state index in [4.69, 9.17) is 0 Å². The second-order valence-corrected chi connectivity index (χ2v) is 3.15. The van der Waals surface area contributed by atoms with Crippen molar-refractivity contribution >= 4 is 18.4 Å². The zero-order valence-corrected chi connectivity index (χ0v) is 7.77. The molecule has 0 amide bonds. The van der Waals surface area contributed by atoms with Crippen LogP contribution in [0.2, 0.25) is 6.32 Å².